The van der Waals surface area contributed by atoms with E-state index in [4.69, 9.17) is 17.3 Å². The van der Waals surface area contributed by atoms with Crippen LogP contribution in [0.25, 0.3) is 0 Å². The topological polar surface area (TPSA) is 38.4 Å². The van der Waals surface area contributed by atoms with Gasteiger partial charge in [0.2, 0.25) is 0 Å². The lowest BCUT2D eigenvalue weighted by Crippen LogP contribution is -2.40. The zero-order valence-electron chi connectivity index (χ0n) is 16.6. The third-order valence-corrected chi connectivity index (χ3v) is 5.58. The highest BCUT2D eigenvalue weighted by Crippen LogP contribution is 2.56. The average Bonchev–Trinajstić information content (AvgIpc) is 2.99. The Balaban J connectivity index is 3.80. The van der Waals surface area contributed by atoms with Crippen molar-refractivity contribution in [2.24, 2.45) is 28.0 Å². The maximum atomic E-state index is 6.65. The van der Waals surface area contributed by atoms with Crippen molar-refractivity contribution in [1.82, 2.24) is 0 Å². The number of aliphatic imine (C=N–C) groups is 1. The van der Waals surface area contributed by atoms with Crippen molar-refractivity contribution in [3.05, 3.63) is 71.6 Å². The van der Waals surface area contributed by atoms with Crippen LogP contribution in [0.5, 0.6) is 0 Å². The molecule has 142 valence electrons. The summed E-state index contributed by atoms with van der Waals surface area (Å²) >= 11 is 6.27. The number of halogens is 1. The van der Waals surface area contributed by atoms with Crippen LogP contribution in [0.2, 0.25) is 0 Å². The van der Waals surface area contributed by atoms with Gasteiger partial charge in [0.15, 0.2) is 0 Å². The van der Waals surface area contributed by atoms with E-state index >= 15 is 0 Å². The minimum Gasteiger partial charge on any atom is -0.402 e. The highest BCUT2D eigenvalue weighted by Gasteiger charge is 2.50. The molecule has 2 N–H and O–H groups in total. The maximum absolute atomic E-state index is 6.65. The van der Waals surface area contributed by atoms with E-state index in [9.17, 15) is 0 Å². The Morgan fingerprint density at radius 2 is 1.96 bits per heavy atom. The molecule has 1 rings (SSSR count). The van der Waals surface area contributed by atoms with E-state index in [-0.39, 0.29) is 11.3 Å². The second-order valence-corrected chi connectivity index (χ2v) is 7.49. The molecule has 26 heavy (non-hydrogen) atoms. The lowest BCUT2D eigenvalue weighted by Gasteiger charge is -2.43. The highest BCUT2D eigenvalue weighted by molar-refractivity contribution is 6.29. The van der Waals surface area contributed by atoms with Crippen LogP contribution in [0.15, 0.2) is 76.6 Å². The van der Waals surface area contributed by atoms with Gasteiger partial charge >= 0.3 is 0 Å². The molecule has 0 saturated heterocycles. The Morgan fingerprint density at radius 3 is 2.38 bits per heavy atom. The highest BCUT2D eigenvalue weighted by atomic mass is 35.5. The molecule has 0 aromatic heterocycles. The van der Waals surface area contributed by atoms with Gasteiger partial charge in [0, 0.05) is 34.5 Å². The first-order valence-electron chi connectivity index (χ1n) is 9.27. The van der Waals surface area contributed by atoms with Crippen molar-refractivity contribution in [1.29, 1.82) is 0 Å². The van der Waals surface area contributed by atoms with E-state index in [0.29, 0.717) is 5.92 Å². The number of hydrogen-bond acceptors (Lipinski definition) is 2. The Bertz CT molecular complexity index is 660. The Morgan fingerprint density at radius 1 is 1.27 bits per heavy atom. The summed E-state index contributed by atoms with van der Waals surface area (Å²) in [6.07, 6.45) is 16.8. The molecule has 1 fully saturated rings. The first-order valence-corrected chi connectivity index (χ1v) is 9.65. The van der Waals surface area contributed by atoms with Gasteiger partial charge in [-0.2, -0.15) is 0 Å². The molecule has 0 amide bonds. The fourth-order valence-electron chi connectivity index (χ4n) is 4.34. The molecule has 3 heteroatoms. The normalized spacial score (nSPS) is 27.0. The number of nitrogens with zero attached hydrogens (tertiary/aromatic N) is 1. The number of nitrogens with two attached hydrogens (primary N) is 1. The summed E-state index contributed by atoms with van der Waals surface area (Å²) in [6, 6.07) is 0. The molecule has 3 atom stereocenters. The van der Waals surface area contributed by atoms with E-state index in [2.05, 4.69) is 37.2 Å². The van der Waals surface area contributed by atoms with Gasteiger partial charge in [-0.15, -0.1) is 0 Å². The van der Waals surface area contributed by atoms with Crippen LogP contribution in [-0.4, -0.2) is 6.21 Å². The van der Waals surface area contributed by atoms with Gasteiger partial charge in [0.25, 0.3) is 0 Å². The molecule has 0 radical (unpaired) electrons. The van der Waals surface area contributed by atoms with Crippen LogP contribution in [0, 0.1) is 17.3 Å². The molecule has 2 nitrogen and oxygen atoms in total. The van der Waals surface area contributed by atoms with E-state index in [1.807, 2.05) is 39.1 Å². The first-order chi connectivity index (χ1) is 12.4. The minimum absolute atomic E-state index is 0.0524. The lowest BCUT2D eigenvalue weighted by atomic mass is 9.61. The average molecular weight is 373 g/mol. The molecule has 0 spiro atoms. The predicted octanol–water partition coefficient (Wildman–Crippen LogP) is 6.69. The summed E-state index contributed by atoms with van der Waals surface area (Å²) in [7, 11) is 0. The van der Waals surface area contributed by atoms with Crippen molar-refractivity contribution in [3.8, 4) is 0 Å². The van der Waals surface area contributed by atoms with E-state index in [0.717, 1.165) is 41.1 Å². The summed E-state index contributed by atoms with van der Waals surface area (Å²) in [5.74, 6) is 0.504. The second kappa shape index (κ2) is 10.4. The smallest absolute Gasteiger partial charge is 0.0306 e. The van der Waals surface area contributed by atoms with E-state index in [1.54, 1.807) is 12.3 Å². The number of allylic oxidation sites excluding steroid dienone is 9. The number of rotatable bonds is 8. The SMILES string of the molecule is C=C/C=C(\C=N/C=C)C(C(=C/C)/C=C(\C)Cl)C1(/C(N)=C\C)CCCC1C. The standard InChI is InChI=1S/C23H33ClN2/c1-7-12-20(16-26-10-4)22(19(8-2)15-18(6)24)23(21(25)9-3)14-11-13-17(23)5/h7-10,12,15-17,22H,1,4,11,13-14,25H2,2-3,5-6H3/b18-15+,19-8+,20-12+,21-9+,26-16-. The Kier molecular flexibility index (Phi) is 8.87. The van der Waals surface area contributed by atoms with Gasteiger partial charge in [-0.3, -0.25) is 4.99 Å². The molecule has 0 aromatic carbocycles. The summed E-state index contributed by atoms with van der Waals surface area (Å²) < 4.78 is 0. The molecule has 1 aliphatic carbocycles. The van der Waals surface area contributed by atoms with Gasteiger partial charge in [-0.05, 0) is 56.8 Å². The van der Waals surface area contributed by atoms with Crippen LogP contribution in [0.4, 0.5) is 0 Å². The lowest BCUT2D eigenvalue weighted by molar-refractivity contribution is 0.212. The van der Waals surface area contributed by atoms with Crippen molar-refractivity contribution in [3.63, 3.8) is 0 Å². The van der Waals surface area contributed by atoms with Gasteiger partial charge < -0.3 is 5.73 Å². The van der Waals surface area contributed by atoms with Crippen LogP contribution in [-0.2, 0) is 0 Å². The van der Waals surface area contributed by atoms with Crippen molar-refractivity contribution >= 4 is 17.8 Å². The Hall–Kier alpha value is -1.80. The third kappa shape index (κ3) is 4.67. The minimum atomic E-state index is -0.165. The molecule has 1 saturated carbocycles. The van der Waals surface area contributed by atoms with Gasteiger partial charge in [0.05, 0.1) is 0 Å². The van der Waals surface area contributed by atoms with Crippen molar-refractivity contribution in [2.45, 2.75) is 47.0 Å². The maximum Gasteiger partial charge on any atom is 0.0306 e. The largest absolute Gasteiger partial charge is 0.402 e. The fourth-order valence-corrected chi connectivity index (χ4v) is 4.46. The number of hydrogen-bond donors (Lipinski definition) is 1. The van der Waals surface area contributed by atoms with E-state index < -0.39 is 0 Å². The molecular weight excluding hydrogens is 340 g/mol. The second-order valence-electron chi connectivity index (χ2n) is 6.89. The molecule has 1 aliphatic rings. The summed E-state index contributed by atoms with van der Waals surface area (Å²) in [5, 5.41) is 0.751. The van der Waals surface area contributed by atoms with Crippen LogP contribution < -0.4 is 5.73 Å². The molecule has 0 aliphatic heterocycles. The summed E-state index contributed by atoms with van der Waals surface area (Å²) in [6.45, 7) is 15.9. The first kappa shape index (κ1) is 22.2. The summed E-state index contributed by atoms with van der Waals surface area (Å²) in [4.78, 5) is 4.30. The molecular formula is C23H33ClN2. The van der Waals surface area contributed by atoms with Crippen LogP contribution in [0.1, 0.15) is 47.0 Å². The summed E-state index contributed by atoms with van der Waals surface area (Å²) in [5.41, 5.74) is 9.65. The van der Waals surface area contributed by atoms with Gasteiger partial charge in [0.1, 0.15) is 0 Å². The Labute approximate surface area is 164 Å². The predicted molar refractivity (Wildman–Crippen MR) is 117 cm³/mol. The molecule has 0 bridgehead atoms. The third-order valence-electron chi connectivity index (χ3n) is 5.48. The van der Waals surface area contributed by atoms with Crippen LogP contribution >= 0.6 is 11.6 Å². The molecule has 0 heterocycles. The quantitative estimate of drug-likeness (QED) is 0.374. The van der Waals surface area contributed by atoms with Crippen molar-refractivity contribution < 1.29 is 0 Å². The zero-order chi connectivity index (χ0) is 19.7. The van der Waals surface area contributed by atoms with Gasteiger partial charge in [-0.1, -0.05) is 62.4 Å². The molecule has 3 unspecified atom stereocenters. The monoisotopic (exact) mass is 372 g/mol. The zero-order valence-corrected chi connectivity index (χ0v) is 17.4. The molecule has 0 aromatic rings. The van der Waals surface area contributed by atoms with E-state index in [1.165, 1.54) is 0 Å². The fraction of sp³-hybridized carbons (Fsp3) is 0.435. The van der Waals surface area contributed by atoms with Gasteiger partial charge in [-0.25, -0.2) is 0 Å². The van der Waals surface area contributed by atoms with Crippen LogP contribution in [0.3, 0.4) is 0 Å². The van der Waals surface area contributed by atoms with Crippen molar-refractivity contribution in [2.75, 3.05) is 0 Å².